The van der Waals surface area contributed by atoms with E-state index in [0.717, 1.165) is 29.8 Å². The Kier molecular flexibility index (Phi) is 5.45. The van der Waals surface area contributed by atoms with Crippen LogP contribution < -0.4 is 0 Å². The Labute approximate surface area is 184 Å². The predicted octanol–water partition coefficient (Wildman–Crippen LogP) is 5.09. The summed E-state index contributed by atoms with van der Waals surface area (Å²) in [6, 6.07) is 6.72. The van der Waals surface area contributed by atoms with Gasteiger partial charge in [0.15, 0.2) is 23.3 Å². The molecule has 172 valence electrons. The maximum atomic E-state index is 14.5. The number of nitro groups is 1. The van der Waals surface area contributed by atoms with Crippen LogP contribution in [-0.2, 0) is 10.0 Å². The Bertz CT molecular complexity index is 1350. The lowest BCUT2D eigenvalue weighted by atomic mass is 10.0. The summed E-state index contributed by atoms with van der Waals surface area (Å²) in [6.07, 6.45) is 0. The third-order valence-corrected chi connectivity index (χ3v) is 7.22. The Hall–Kier alpha value is -3.38. The van der Waals surface area contributed by atoms with Crippen LogP contribution in [0.15, 0.2) is 53.4 Å². The minimum absolute atomic E-state index is 0.0743. The molecule has 1 aliphatic heterocycles. The van der Waals surface area contributed by atoms with E-state index in [9.17, 15) is 40.5 Å². The van der Waals surface area contributed by atoms with Crippen LogP contribution in [0.4, 0.5) is 27.6 Å². The zero-order valence-electron chi connectivity index (χ0n) is 16.6. The van der Waals surface area contributed by atoms with Crippen LogP contribution in [0.5, 0.6) is 0 Å². The van der Waals surface area contributed by atoms with E-state index in [-0.39, 0.29) is 16.1 Å². The summed E-state index contributed by atoms with van der Waals surface area (Å²) in [4.78, 5) is 9.93. The number of benzene rings is 3. The van der Waals surface area contributed by atoms with Gasteiger partial charge in [-0.25, -0.2) is 30.4 Å². The highest BCUT2D eigenvalue weighted by Crippen LogP contribution is 2.59. The molecule has 1 fully saturated rings. The molecule has 4 rings (SSSR count). The summed E-state index contributed by atoms with van der Waals surface area (Å²) in [7, 11) is -4.45. The van der Waals surface area contributed by atoms with E-state index < -0.39 is 61.7 Å². The number of halogens is 5. The van der Waals surface area contributed by atoms with Crippen LogP contribution in [0.1, 0.15) is 28.8 Å². The van der Waals surface area contributed by atoms with Crippen molar-refractivity contribution in [1.29, 1.82) is 0 Å². The van der Waals surface area contributed by atoms with Crippen molar-refractivity contribution >= 4 is 15.7 Å². The van der Waals surface area contributed by atoms with Crippen molar-refractivity contribution in [3.63, 3.8) is 0 Å². The number of hydrogen-bond acceptors (Lipinski definition) is 4. The fourth-order valence-corrected chi connectivity index (χ4v) is 5.36. The van der Waals surface area contributed by atoms with Gasteiger partial charge in [-0.3, -0.25) is 10.1 Å². The van der Waals surface area contributed by atoms with Gasteiger partial charge < -0.3 is 0 Å². The lowest BCUT2D eigenvalue weighted by molar-refractivity contribution is -0.384. The first-order valence-electron chi connectivity index (χ1n) is 9.32. The topological polar surface area (TPSA) is 80.3 Å². The molecular formula is C21H13F5N2O4S. The van der Waals surface area contributed by atoms with Gasteiger partial charge in [0.2, 0.25) is 15.8 Å². The van der Waals surface area contributed by atoms with Crippen LogP contribution >= 0.6 is 0 Å². The monoisotopic (exact) mass is 484 g/mol. The van der Waals surface area contributed by atoms with Crippen LogP contribution in [0.2, 0.25) is 0 Å². The van der Waals surface area contributed by atoms with Gasteiger partial charge in [-0.1, -0.05) is 29.8 Å². The molecule has 1 saturated heterocycles. The zero-order chi connectivity index (χ0) is 24.2. The predicted molar refractivity (Wildman–Crippen MR) is 105 cm³/mol. The highest BCUT2D eigenvalue weighted by atomic mass is 32.2. The van der Waals surface area contributed by atoms with Crippen molar-refractivity contribution in [2.24, 2.45) is 0 Å². The van der Waals surface area contributed by atoms with Crippen molar-refractivity contribution in [2.75, 3.05) is 0 Å². The second-order valence-electron chi connectivity index (χ2n) is 7.37. The summed E-state index contributed by atoms with van der Waals surface area (Å²) in [5.74, 6) is -11.1. The molecule has 0 radical (unpaired) electrons. The molecule has 0 saturated carbocycles. The summed E-state index contributed by atoms with van der Waals surface area (Å²) >= 11 is 0. The van der Waals surface area contributed by atoms with Crippen LogP contribution in [-0.4, -0.2) is 17.6 Å². The van der Waals surface area contributed by atoms with Gasteiger partial charge in [0.25, 0.3) is 5.69 Å². The summed E-state index contributed by atoms with van der Waals surface area (Å²) in [5.41, 5.74) is -0.834. The largest absolute Gasteiger partial charge is 0.269 e. The molecule has 0 N–H and O–H groups in total. The Morgan fingerprint density at radius 2 is 1.27 bits per heavy atom. The lowest BCUT2D eigenvalue weighted by Crippen LogP contribution is -2.15. The first kappa shape index (κ1) is 22.8. The van der Waals surface area contributed by atoms with E-state index in [1.807, 2.05) is 0 Å². The van der Waals surface area contributed by atoms with Crippen LogP contribution in [0.3, 0.4) is 0 Å². The number of non-ortho nitro benzene ring substituents is 1. The average molecular weight is 484 g/mol. The number of rotatable bonds is 5. The number of aryl methyl sites for hydroxylation is 1. The first-order valence-corrected chi connectivity index (χ1v) is 10.8. The number of sulfonamides is 1. The van der Waals surface area contributed by atoms with E-state index >= 15 is 0 Å². The van der Waals surface area contributed by atoms with Crippen molar-refractivity contribution in [3.05, 3.63) is 104 Å². The van der Waals surface area contributed by atoms with E-state index in [2.05, 4.69) is 0 Å². The molecule has 1 aliphatic rings. The number of hydrogen-bond donors (Lipinski definition) is 0. The second kappa shape index (κ2) is 7.89. The number of nitro benzene ring substituents is 1. The first-order chi connectivity index (χ1) is 15.5. The SMILES string of the molecule is Cc1ccc(S(=O)(=O)N2C(c3ccc([N+](=O)[O-])cc3)C2c2c(F)c(F)c(F)c(F)c2F)cc1. The Morgan fingerprint density at radius 3 is 1.76 bits per heavy atom. The Morgan fingerprint density at radius 1 is 0.788 bits per heavy atom. The molecule has 1 heterocycles. The van der Waals surface area contributed by atoms with Crippen LogP contribution in [0, 0.1) is 46.1 Å². The molecule has 33 heavy (non-hydrogen) atoms. The van der Waals surface area contributed by atoms with Gasteiger partial charge >= 0.3 is 0 Å². The molecule has 0 aliphatic carbocycles. The van der Waals surface area contributed by atoms with Crippen molar-refractivity contribution in [3.8, 4) is 0 Å². The molecule has 0 spiro atoms. The number of nitrogens with zero attached hydrogens (tertiary/aromatic N) is 2. The van der Waals surface area contributed by atoms with E-state index in [0.29, 0.717) is 4.31 Å². The normalized spacial score (nSPS) is 20.0. The quantitative estimate of drug-likeness (QED) is 0.126. The fourth-order valence-electron chi connectivity index (χ4n) is 3.63. The fraction of sp³-hybridized carbons (Fsp3) is 0.143. The highest BCUT2D eigenvalue weighted by Gasteiger charge is 2.59. The molecular weight excluding hydrogens is 471 g/mol. The molecule has 0 amide bonds. The van der Waals surface area contributed by atoms with Crippen molar-refractivity contribution in [2.45, 2.75) is 23.9 Å². The van der Waals surface area contributed by atoms with Gasteiger partial charge in [-0.15, -0.1) is 0 Å². The molecule has 3 unspecified atom stereocenters. The lowest BCUT2D eigenvalue weighted by Gasteiger charge is -2.09. The van der Waals surface area contributed by atoms with Gasteiger partial charge in [0, 0.05) is 12.1 Å². The second-order valence-corrected chi connectivity index (χ2v) is 9.21. The average Bonchev–Trinajstić information content (AvgIpc) is 3.53. The van der Waals surface area contributed by atoms with E-state index in [4.69, 9.17) is 0 Å². The maximum absolute atomic E-state index is 14.5. The third-order valence-electron chi connectivity index (χ3n) is 5.34. The molecule has 6 nitrogen and oxygen atoms in total. The minimum Gasteiger partial charge on any atom is -0.258 e. The van der Waals surface area contributed by atoms with E-state index in [1.54, 1.807) is 6.92 Å². The summed E-state index contributed by atoms with van der Waals surface area (Å²) < 4.78 is 97.4. The van der Waals surface area contributed by atoms with Gasteiger partial charge in [-0.2, -0.15) is 4.31 Å². The summed E-state index contributed by atoms with van der Waals surface area (Å²) in [6.45, 7) is 1.70. The molecule has 0 bridgehead atoms. The molecule has 3 aromatic carbocycles. The third kappa shape index (κ3) is 3.64. The minimum atomic E-state index is -4.45. The van der Waals surface area contributed by atoms with Gasteiger partial charge in [0.05, 0.1) is 27.5 Å². The van der Waals surface area contributed by atoms with Crippen molar-refractivity contribution < 1.29 is 35.3 Å². The molecule has 0 aromatic heterocycles. The van der Waals surface area contributed by atoms with Gasteiger partial charge in [0.1, 0.15) is 0 Å². The maximum Gasteiger partial charge on any atom is 0.269 e. The highest BCUT2D eigenvalue weighted by molar-refractivity contribution is 7.89. The van der Waals surface area contributed by atoms with Crippen molar-refractivity contribution in [1.82, 2.24) is 4.31 Å². The van der Waals surface area contributed by atoms with Gasteiger partial charge in [-0.05, 0) is 24.6 Å². The van der Waals surface area contributed by atoms with E-state index in [1.165, 1.54) is 24.3 Å². The standard InChI is InChI=1S/C21H13F5N2O4S/c1-10-2-8-13(9-3-10)33(31,32)27-20(11-4-6-12(7-5-11)28(29)30)21(27)14-15(22)17(24)19(26)18(25)16(14)23/h2-9,20-21H,1H3. The smallest absolute Gasteiger partial charge is 0.258 e. The molecule has 12 heteroatoms. The summed E-state index contributed by atoms with van der Waals surface area (Å²) in [5, 5.41) is 10.9. The molecule has 3 aromatic rings. The Balaban J connectivity index is 1.88. The van der Waals surface area contributed by atoms with Crippen LogP contribution in [0.25, 0.3) is 0 Å². The molecule has 3 atom stereocenters. The zero-order valence-corrected chi connectivity index (χ0v) is 17.4.